The zero-order chi connectivity index (χ0) is 11.2. The quantitative estimate of drug-likeness (QED) is 0.799. The summed E-state index contributed by atoms with van der Waals surface area (Å²) in [6.45, 7) is 2.20. The smallest absolute Gasteiger partial charge is 0.174 e. The number of anilines is 1. The number of hydrogen-bond acceptors (Lipinski definition) is 4. The molecule has 1 aromatic carbocycles. The number of nitriles is 1. The first kappa shape index (κ1) is 10.8. The standard InChI is InChI=1S/C12H15N3O/c13-6-8-16-12-3-1-10(2-4-12)15-11-5-7-14-9-11/h1-4,11,14-15H,5,7-9H2. The lowest BCUT2D eigenvalue weighted by molar-refractivity contribution is 0.368. The fraction of sp³-hybridized carbons (Fsp3) is 0.417. The van der Waals surface area contributed by atoms with Gasteiger partial charge in [-0.15, -0.1) is 0 Å². The molecule has 1 aromatic rings. The van der Waals surface area contributed by atoms with Crippen molar-refractivity contribution in [3.63, 3.8) is 0 Å². The van der Waals surface area contributed by atoms with Crippen LogP contribution in [0, 0.1) is 11.3 Å². The van der Waals surface area contributed by atoms with Crippen molar-refractivity contribution in [3.05, 3.63) is 24.3 Å². The van der Waals surface area contributed by atoms with Gasteiger partial charge < -0.3 is 15.4 Å². The van der Waals surface area contributed by atoms with E-state index < -0.39 is 0 Å². The number of benzene rings is 1. The molecule has 4 heteroatoms. The van der Waals surface area contributed by atoms with Gasteiger partial charge in [-0.3, -0.25) is 0 Å². The molecule has 16 heavy (non-hydrogen) atoms. The zero-order valence-electron chi connectivity index (χ0n) is 9.07. The van der Waals surface area contributed by atoms with E-state index in [-0.39, 0.29) is 6.61 Å². The Morgan fingerprint density at radius 3 is 2.88 bits per heavy atom. The number of hydrogen-bond donors (Lipinski definition) is 2. The van der Waals surface area contributed by atoms with Crippen LogP contribution in [-0.2, 0) is 0 Å². The molecule has 0 saturated carbocycles. The van der Waals surface area contributed by atoms with Gasteiger partial charge in [0.05, 0.1) is 0 Å². The highest BCUT2D eigenvalue weighted by molar-refractivity contribution is 5.47. The SMILES string of the molecule is N#CCOc1ccc(NC2CCNC2)cc1. The summed E-state index contributed by atoms with van der Waals surface area (Å²) in [5, 5.41) is 15.1. The van der Waals surface area contributed by atoms with Gasteiger partial charge >= 0.3 is 0 Å². The van der Waals surface area contributed by atoms with Gasteiger partial charge in [0.25, 0.3) is 0 Å². The van der Waals surface area contributed by atoms with Crippen LogP contribution in [0.2, 0.25) is 0 Å². The molecule has 84 valence electrons. The van der Waals surface area contributed by atoms with E-state index in [2.05, 4.69) is 10.6 Å². The highest BCUT2D eigenvalue weighted by atomic mass is 16.5. The van der Waals surface area contributed by atoms with Gasteiger partial charge in [0, 0.05) is 18.3 Å². The second-order valence-corrected chi connectivity index (χ2v) is 3.81. The lowest BCUT2D eigenvalue weighted by atomic mass is 10.2. The van der Waals surface area contributed by atoms with Crippen molar-refractivity contribution >= 4 is 5.69 Å². The third-order valence-corrected chi connectivity index (χ3v) is 2.59. The molecule has 1 atom stereocenters. The summed E-state index contributed by atoms with van der Waals surface area (Å²) in [4.78, 5) is 0. The Labute approximate surface area is 95.2 Å². The first-order valence-corrected chi connectivity index (χ1v) is 5.45. The summed E-state index contributed by atoms with van der Waals surface area (Å²) in [7, 11) is 0. The summed E-state index contributed by atoms with van der Waals surface area (Å²) in [6.07, 6.45) is 1.16. The van der Waals surface area contributed by atoms with Gasteiger partial charge in [-0.05, 0) is 37.2 Å². The third-order valence-electron chi connectivity index (χ3n) is 2.59. The Morgan fingerprint density at radius 2 is 2.25 bits per heavy atom. The molecule has 1 unspecified atom stereocenters. The lowest BCUT2D eigenvalue weighted by Gasteiger charge is -2.13. The number of rotatable bonds is 4. The Morgan fingerprint density at radius 1 is 1.44 bits per heavy atom. The molecule has 0 aromatic heterocycles. The van der Waals surface area contributed by atoms with Crippen LogP contribution >= 0.6 is 0 Å². The summed E-state index contributed by atoms with van der Waals surface area (Å²) in [6, 6.07) is 10.2. The van der Waals surface area contributed by atoms with Crippen LogP contribution in [0.25, 0.3) is 0 Å². The lowest BCUT2D eigenvalue weighted by Crippen LogP contribution is -2.21. The Bertz CT molecular complexity index is 363. The van der Waals surface area contributed by atoms with E-state index in [1.165, 1.54) is 0 Å². The molecule has 0 bridgehead atoms. The van der Waals surface area contributed by atoms with Crippen molar-refractivity contribution in [2.24, 2.45) is 0 Å². The van der Waals surface area contributed by atoms with E-state index in [1.54, 1.807) is 0 Å². The molecule has 1 fully saturated rings. The second kappa shape index (κ2) is 5.38. The highest BCUT2D eigenvalue weighted by Gasteiger charge is 2.13. The fourth-order valence-electron chi connectivity index (χ4n) is 1.78. The van der Waals surface area contributed by atoms with E-state index in [0.29, 0.717) is 6.04 Å². The Hall–Kier alpha value is -1.73. The maximum absolute atomic E-state index is 8.38. The average Bonchev–Trinajstić information content (AvgIpc) is 2.81. The Balaban J connectivity index is 1.88. The second-order valence-electron chi connectivity index (χ2n) is 3.81. The van der Waals surface area contributed by atoms with Gasteiger partial charge in [-0.1, -0.05) is 0 Å². The van der Waals surface area contributed by atoms with Crippen LogP contribution in [0.5, 0.6) is 5.75 Å². The van der Waals surface area contributed by atoms with Crippen LogP contribution in [-0.4, -0.2) is 25.7 Å². The minimum absolute atomic E-state index is 0.0965. The molecule has 2 rings (SSSR count). The molecule has 1 heterocycles. The minimum atomic E-state index is 0.0965. The van der Waals surface area contributed by atoms with Crippen molar-refractivity contribution in [2.75, 3.05) is 25.0 Å². The number of nitrogens with zero attached hydrogens (tertiary/aromatic N) is 1. The number of nitrogens with one attached hydrogen (secondary N) is 2. The van der Waals surface area contributed by atoms with Gasteiger partial charge in [0.15, 0.2) is 6.61 Å². The van der Waals surface area contributed by atoms with Crippen LogP contribution in [0.3, 0.4) is 0 Å². The number of ether oxygens (including phenoxy) is 1. The molecule has 0 aliphatic carbocycles. The van der Waals surface area contributed by atoms with Crippen LogP contribution in [0.15, 0.2) is 24.3 Å². The molecule has 4 nitrogen and oxygen atoms in total. The molecule has 0 spiro atoms. The Kier molecular flexibility index (Phi) is 3.62. The fourth-order valence-corrected chi connectivity index (χ4v) is 1.78. The van der Waals surface area contributed by atoms with Crippen LogP contribution < -0.4 is 15.4 Å². The largest absolute Gasteiger partial charge is 0.479 e. The maximum Gasteiger partial charge on any atom is 0.174 e. The topological polar surface area (TPSA) is 57.1 Å². The van der Waals surface area contributed by atoms with E-state index >= 15 is 0 Å². The average molecular weight is 217 g/mol. The monoisotopic (exact) mass is 217 g/mol. The first-order valence-electron chi connectivity index (χ1n) is 5.45. The van der Waals surface area contributed by atoms with Crippen LogP contribution in [0.1, 0.15) is 6.42 Å². The van der Waals surface area contributed by atoms with Crippen molar-refractivity contribution in [3.8, 4) is 11.8 Å². The highest BCUT2D eigenvalue weighted by Crippen LogP contribution is 2.17. The third kappa shape index (κ3) is 2.88. The predicted molar refractivity (Wildman–Crippen MR) is 62.4 cm³/mol. The van der Waals surface area contributed by atoms with Gasteiger partial charge in [-0.2, -0.15) is 5.26 Å². The molecular weight excluding hydrogens is 202 g/mol. The molecule has 1 aliphatic heterocycles. The summed E-state index contributed by atoms with van der Waals surface area (Å²) in [5.41, 5.74) is 1.10. The van der Waals surface area contributed by atoms with Crippen molar-refractivity contribution in [1.29, 1.82) is 5.26 Å². The molecule has 1 aliphatic rings. The van der Waals surface area contributed by atoms with Crippen molar-refractivity contribution < 1.29 is 4.74 Å². The maximum atomic E-state index is 8.38. The molecule has 0 amide bonds. The summed E-state index contributed by atoms with van der Waals surface area (Å²) >= 11 is 0. The molecule has 0 radical (unpaired) electrons. The van der Waals surface area contributed by atoms with Gasteiger partial charge in [-0.25, -0.2) is 0 Å². The molecular formula is C12H15N3O. The van der Waals surface area contributed by atoms with E-state index in [9.17, 15) is 0 Å². The van der Waals surface area contributed by atoms with Crippen molar-refractivity contribution in [1.82, 2.24) is 5.32 Å². The van der Waals surface area contributed by atoms with Gasteiger partial charge in [0.2, 0.25) is 0 Å². The van der Waals surface area contributed by atoms with E-state index in [4.69, 9.17) is 10.00 Å². The first-order chi connectivity index (χ1) is 7.88. The minimum Gasteiger partial charge on any atom is -0.479 e. The van der Waals surface area contributed by atoms with E-state index in [0.717, 1.165) is 30.9 Å². The van der Waals surface area contributed by atoms with Crippen LogP contribution in [0.4, 0.5) is 5.69 Å². The normalized spacial score (nSPS) is 19.1. The van der Waals surface area contributed by atoms with E-state index in [1.807, 2.05) is 30.3 Å². The van der Waals surface area contributed by atoms with Crippen molar-refractivity contribution in [2.45, 2.75) is 12.5 Å². The molecule has 2 N–H and O–H groups in total. The van der Waals surface area contributed by atoms with Gasteiger partial charge in [0.1, 0.15) is 11.8 Å². The zero-order valence-corrected chi connectivity index (χ0v) is 9.07. The summed E-state index contributed by atoms with van der Waals surface area (Å²) < 4.78 is 5.18. The summed E-state index contributed by atoms with van der Waals surface area (Å²) in [5.74, 6) is 0.733. The predicted octanol–water partition coefficient (Wildman–Crippen LogP) is 1.36. The molecule has 1 saturated heterocycles.